The van der Waals surface area contributed by atoms with Crippen LogP contribution in [0.1, 0.15) is 26.0 Å². The second-order valence-corrected chi connectivity index (χ2v) is 5.59. The molecule has 0 amide bonds. The first-order valence-electron chi connectivity index (χ1n) is 6.07. The molecule has 0 bridgehead atoms. The fraction of sp³-hybridized carbons (Fsp3) is 0.750. The summed E-state index contributed by atoms with van der Waals surface area (Å²) < 4.78 is 0. The van der Waals surface area contributed by atoms with E-state index in [0.29, 0.717) is 0 Å². The molecule has 1 saturated carbocycles. The summed E-state index contributed by atoms with van der Waals surface area (Å²) in [6.07, 6.45) is 1.39. The molecule has 4 heteroatoms. The maximum atomic E-state index is 4.64. The monoisotopic (exact) mass is 239 g/mol. The van der Waals surface area contributed by atoms with Gasteiger partial charge in [-0.1, -0.05) is 13.8 Å². The van der Waals surface area contributed by atoms with Crippen LogP contribution in [-0.2, 0) is 6.54 Å². The molecule has 2 atom stereocenters. The van der Waals surface area contributed by atoms with Gasteiger partial charge in [-0.3, -0.25) is 0 Å². The van der Waals surface area contributed by atoms with Crippen LogP contribution in [-0.4, -0.2) is 25.1 Å². The minimum Gasteiger partial charge on any atom is -0.351 e. The smallest absolute Gasteiger partial charge is 0.185 e. The summed E-state index contributed by atoms with van der Waals surface area (Å²) in [5.41, 5.74) is 1.16. The Morgan fingerprint density at radius 1 is 1.62 bits per heavy atom. The Hall–Kier alpha value is -0.610. The van der Waals surface area contributed by atoms with Crippen LogP contribution in [0.5, 0.6) is 0 Å². The summed E-state index contributed by atoms with van der Waals surface area (Å²) in [6.45, 7) is 7.50. The normalized spacial score (nSPS) is 23.4. The fourth-order valence-corrected chi connectivity index (χ4v) is 2.69. The third kappa shape index (κ3) is 2.95. The summed E-state index contributed by atoms with van der Waals surface area (Å²) in [4.78, 5) is 6.94. The SMILES string of the molecule is CCNCc1csc(N(C)CC2CC2C)n1. The first-order valence-corrected chi connectivity index (χ1v) is 6.95. The van der Waals surface area contributed by atoms with Gasteiger partial charge in [-0.05, 0) is 24.8 Å². The first kappa shape index (κ1) is 11.9. The number of anilines is 1. The Balaban J connectivity index is 1.85. The molecule has 16 heavy (non-hydrogen) atoms. The van der Waals surface area contributed by atoms with Crippen molar-refractivity contribution in [2.24, 2.45) is 11.8 Å². The van der Waals surface area contributed by atoms with E-state index in [-0.39, 0.29) is 0 Å². The summed E-state index contributed by atoms with van der Waals surface area (Å²) in [7, 11) is 2.15. The van der Waals surface area contributed by atoms with Crippen molar-refractivity contribution in [2.75, 3.05) is 25.0 Å². The molecule has 90 valence electrons. The standard InChI is InChI=1S/C12H21N3S/c1-4-13-6-11-8-16-12(14-11)15(3)7-10-5-9(10)2/h8-10,13H,4-7H2,1-3H3. The molecule has 1 aromatic heterocycles. The zero-order valence-corrected chi connectivity index (χ0v) is 11.2. The lowest BCUT2D eigenvalue weighted by molar-refractivity contribution is 0.705. The molecule has 1 aliphatic rings. The van der Waals surface area contributed by atoms with Crippen LogP contribution >= 0.6 is 11.3 Å². The first-order chi connectivity index (χ1) is 7.70. The molecular weight excluding hydrogens is 218 g/mol. The van der Waals surface area contributed by atoms with Crippen LogP contribution in [0.2, 0.25) is 0 Å². The molecule has 2 rings (SSSR count). The maximum absolute atomic E-state index is 4.64. The summed E-state index contributed by atoms with van der Waals surface area (Å²) in [6, 6.07) is 0. The molecule has 1 fully saturated rings. The molecule has 1 N–H and O–H groups in total. The van der Waals surface area contributed by atoms with Crippen molar-refractivity contribution in [1.29, 1.82) is 0 Å². The average molecular weight is 239 g/mol. The number of hydrogen-bond donors (Lipinski definition) is 1. The van der Waals surface area contributed by atoms with Crippen molar-refractivity contribution < 1.29 is 0 Å². The van der Waals surface area contributed by atoms with E-state index < -0.39 is 0 Å². The highest BCUT2D eigenvalue weighted by Gasteiger charge is 2.33. The predicted molar refractivity (Wildman–Crippen MR) is 70.0 cm³/mol. The second kappa shape index (κ2) is 5.15. The molecule has 1 aliphatic carbocycles. The van der Waals surface area contributed by atoms with E-state index in [9.17, 15) is 0 Å². The van der Waals surface area contributed by atoms with E-state index in [2.05, 4.69) is 41.5 Å². The number of nitrogens with zero attached hydrogens (tertiary/aromatic N) is 2. The van der Waals surface area contributed by atoms with E-state index in [4.69, 9.17) is 0 Å². The van der Waals surface area contributed by atoms with Crippen molar-refractivity contribution in [3.05, 3.63) is 11.1 Å². The molecular formula is C12H21N3S. The van der Waals surface area contributed by atoms with Crippen LogP contribution in [0.3, 0.4) is 0 Å². The van der Waals surface area contributed by atoms with Crippen molar-refractivity contribution in [3.63, 3.8) is 0 Å². The third-order valence-electron chi connectivity index (χ3n) is 3.21. The number of nitrogens with one attached hydrogen (secondary N) is 1. The number of rotatable bonds is 6. The zero-order chi connectivity index (χ0) is 11.5. The Labute approximate surface area is 102 Å². The predicted octanol–water partition coefficient (Wildman–Crippen LogP) is 2.34. The highest BCUT2D eigenvalue weighted by atomic mass is 32.1. The molecule has 0 aromatic carbocycles. The number of hydrogen-bond acceptors (Lipinski definition) is 4. The van der Waals surface area contributed by atoms with Crippen LogP contribution in [0.4, 0.5) is 5.13 Å². The van der Waals surface area contributed by atoms with E-state index in [1.54, 1.807) is 11.3 Å². The Kier molecular flexibility index (Phi) is 3.82. The van der Waals surface area contributed by atoms with Gasteiger partial charge in [-0.2, -0.15) is 0 Å². The van der Waals surface area contributed by atoms with E-state index >= 15 is 0 Å². The van der Waals surface area contributed by atoms with Gasteiger partial charge in [0, 0.05) is 25.5 Å². The van der Waals surface area contributed by atoms with Gasteiger partial charge in [0.05, 0.1) is 5.69 Å². The highest BCUT2D eigenvalue weighted by molar-refractivity contribution is 7.13. The van der Waals surface area contributed by atoms with Gasteiger partial charge in [0.1, 0.15) is 0 Å². The van der Waals surface area contributed by atoms with Crippen molar-refractivity contribution in [2.45, 2.75) is 26.8 Å². The molecule has 0 spiro atoms. The van der Waals surface area contributed by atoms with E-state index in [0.717, 1.165) is 42.3 Å². The topological polar surface area (TPSA) is 28.2 Å². The largest absolute Gasteiger partial charge is 0.351 e. The fourth-order valence-electron chi connectivity index (χ4n) is 1.89. The lowest BCUT2D eigenvalue weighted by Gasteiger charge is -2.15. The van der Waals surface area contributed by atoms with Gasteiger partial charge in [0.25, 0.3) is 0 Å². The molecule has 1 heterocycles. The minimum atomic E-state index is 0.890. The van der Waals surface area contributed by atoms with Crippen molar-refractivity contribution >= 4 is 16.5 Å². The van der Waals surface area contributed by atoms with Crippen LogP contribution in [0.15, 0.2) is 5.38 Å². The molecule has 3 nitrogen and oxygen atoms in total. The molecule has 1 aromatic rings. The highest BCUT2D eigenvalue weighted by Crippen LogP contribution is 2.38. The molecule has 0 aliphatic heterocycles. The van der Waals surface area contributed by atoms with Crippen LogP contribution in [0, 0.1) is 11.8 Å². The summed E-state index contributed by atoms with van der Waals surface area (Å²) >= 11 is 1.75. The number of thiazole rings is 1. The molecule has 0 saturated heterocycles. The second-order valence-electron chi connectivity index (χ2n) is 4.76. The van der Waals surface area contributed by atoms with Crippen LogP contribution < -0.4 is 10.2 Å². The van der Waals surface area contributed by atoms with Gasteiger partial charge >= 0.3 is 0 Å². The van der Waals surface area contributed by atoms with Gasteiger partial charge in [-0.15, -0.1) is 11.3 Å². The summed E-state index contributed by atoms with van der Waals surface area (Å²) in [5, 5.41) is 6.62. The number of aromatic nitrogens is 1. The lowest BCUT2D eigenvalue weighted by atomic mass is 10.3. The molecule has 2 unspecified atom stereocenters. The minimum absolute atomic E-state index is 0.890. The Morgan fingerprint density at radius 3 is 3.00 bits per heavy atom. The van der Waals surface area contributed by atoms with E-state index in [1.165, 1.54) is 6.42 Å². The molecule has 0 radical (unpaired) electrons. The maximum Gasteiger partial charge on any atom is 0.185 e. The average Bonchev–Trinajstić information content (AvgIpc) is 2.81. The van der Waals surface area contributed by atoms with E-state index in [1.807, 2.05) is 0 Å². The van der Waals surface area contributed by atoms with Gasteiger partial charge in [-0.25, -0.2) is 4.98 Å². The van der Waals surface area contributed by atoms with Gasteiger partial charge in [0.2, 0.25) is 0 Å². The van der Waals surface area contributed by atoms with Crippen molar-refractivity contribution in [1.82, 2.24) is 10.3 Å². The lowest BCUT2D eigenvalue weighted by Crippen LogP contribution is -2.20. The summed E-state index contributed by atoms with van der Waals surface area (Å²) in [5.74, 6) is 1.81. The van der Waals surface area contributed by atoms with Gasteiger partial charge < -0.3 is 10.2 Å². The zero-order valence-electron chi connectivity index (χ0n) is 10.4. The van der Waals surface area contributed by atoms with Crippen LogP contribution in [0.25, 0.3) is 0 Å². The van der Waals surface area contributed by atoms with Crippen molar-refractivity contribution in [3.8, 4) is 0 Å². The quantitative estimate of drug-likeness (QED) is 0.826. The van der Waals surface area contributed by atoms with Gasteiger partial charge in [0.15, 0.2) is 5.13 Å². The third-order valence-corrected chi connectivity index (χ3v) is 4.21. The Morgan fingerprint density at radius 2 is 2.38 bits per heavy atom. The Bertz CT molecular complexity index is 337.